The summed E-state index contributed by atoms with van der Waals surface area (Å²) < 4.78 is 41.1. The van der Waals surface area contributed by atoms with E-state index in [9.17, 15) is 18.0 Å². The van der Waals surface area contributed by atoms with Crippen molar-refractivity contribution in [2.24, 2.45) is 0 Å². The Bertz CT molecular complexity index is 750. The number of nitrogens with zero attached hydrogens (tertiary/aromatic N) is 4. The molecule has 0 aliphatic carbocycles. The molecule has 10 heteroatoms. The van der Waals surface area contributed by atoms with Crippen molar-refractivity contribution in [2.75, 3.05) is 0 Å². The fourth-order valence-electron chi connectivity index (χ4n) is 2.22. The number of aryl methyl sites for hydroxylation is 1. The van der Waals surface area contributed by atoms with Crippen molar-refractivity contribution < 1.29 is 18.0 Å². The van der Waals surface area contributed by atoms with E-state index >= 15 is 0 Å². The molecule has 6 nitrogen and oxygen atoms in total. The summed E-state index contributed by atoms with van der Waals surface area (Å²) in [5.74, 6) is -0.425. The lowest BCUT2D eigenvalue weighted by Crippen LogP contribution is -2.28. The molecule has 2 aromatic heterocycles. The molecule has 1 N–H and O–H groups in total. The van der Waals surface area contributed by atoms with E-state index in [1.54, 1.807) is 10.9 Å². The summed E-state index contributed by atoms with van der Waals surface area (Å²) in [5.41, 5.74) is 1.01. The average molecular weight is 408 g/mol. The quantitative estimate of drug-likeness (QED) is 0.828. The maximum absolute atomic E-state index is 12.8. The Balaban J connectivity index is 2.04. The molecule has 2 aromatic rings. The predicted molar refractivity (Wildman–Crippen MR) is 84.2 cm³/mol. The van der Waals surface area contributed by atoms with Crippen LogP contribution in [0.25, 0.3) is 0 Å². The Morgan fingerprint density at radius 3 is 2.46 bits per heavy atom. The van der Waals surface area contributed by atoms with Gasteiger partial charge in [-0.15, -0.1) is 0 Å². The van der Waals surface area contributed by atoms with Gasteiger partial charge in [-0.3, -0.25) is 14.2 Å². The second-order valence-corrected chi connectivity index (χ2v) is 6.04. The molecule has 24 heavy (non-hydrogen) atoms. The van der Waals surface area contributed by atoms with Gasteiger partial charge in [-0.1, -0.05) is 0 Å². The molecule has 0 aromatic carbocycles. The molecule has 0 unspecified atom stereocenters. The standard InChI is InChI=1S/C14H17BrF3N5O/c1-4-22-8(2)10(6-20-22)5-19-11(24)7-23-9(3)12(15)13(21-23)14(16,17)18/h6H,4-5,7H2,1-3H3,(H,19,24). The number of hydrogen-bond donors (Lipinski definition) is 1. The monoisotopic (exact) mass is 407 g/mol. The van der Waals surface area contributed by atoms with Crippen LogP contribution in [0.15, 0.2) is 10.7 Å². The minimum atomic E-state index is -4.57. The maximum atomic E-state index is 12.8. The molecule has 0 fully saturated rings. The van der Waals surface area contributed by atoms with Gasteiger partial charge in [0.25, 0.3) is 0 Å². The number of rotatable bonds is 5. The van der Waals surface area contributed by atoms with Crippen LogP contribution in [0.4, 0.5) is 13.2 Å². The number of alkyl halides is 3. The number of amides is 1. The van der Waals surface area contributed by atoms with Gasteiger partial charge in [-0.2, -0.15) is 23.4 Å². The van der Waals surface area contributed by atoms with Gasteiger partial charge in [0, 0.05) is 24.3 Å². The summed E-state index contributed by atoms with van der Waals surface area (Å²) in [6, 6.07) is 0. The summed E-state index contributed by atoms with van der Waals surface area (Å²) in [5, 5.41) is 10.3. The molecular weight excluding hydrogens is 391 g/mol. The van der Waals surface area contributed by atoms with Crippen molar-refractivity contribution >= 4 is 21.8 Å². The van der Waals surface area contributed by atoms with Crippen LogP contribution >= 0.6 is 15.9 Å². The largest absolute Gasteiger partial charge is 0.436 e. The molecule has 2 rings (SSSR count). The topological polar surface area (TPSA) is 64.7 Å². The summed E-state index contributed by atoms with van der Waals surface area (Å²) in [6.45, 7) is 6.01. The minimum absolute atomic E-state index is 0.150. The first-order valence-corrected chi connectivity index (χ1v) is 8.02. The summed E-state index contributed by atoms with van der Waals surface area (Å²) in [4.78, 5) is 12.0. The number of nitrogens with one attached hydrogen (secondary N) is 1. The summed E-state index contributed by atoms with van der Waals surface area (Å²) in [6.07, 6.45) is -2.91. The van der Waals surface area contributed by atoms with Crippen LogP contribution in [0, 0.1) is 13.8 Å². The van der Waals surface area contributed by atoms with E-state index in [2.05, 4.69) is 31.4 Å². The van der Waals surface area contributed by atoms with Crippen molar-refractivity contribution in [1.82, 2.24) is 24.9 Å². The Hall–Kier alpha value is -1.84. The molecule has 0 spiro atoms. The fourth-order valence-corrected chi connectivity index (χ4v) is 2.73. The normalized spacial score (nSPS) is 11.8. The van der Waals surface area contributed by atoms with Gasteiger partial charge in [0.1, 0.15) is 6.54 Å². The van der Waals surface area contributed by atoms with E-state index < -0.39 is 17.8 Å². The third-order valence-corrected chi connectivity index (χ3v) is 4.63. The first kappa shape index (κ1) is 18.5. The Morgan fingerprint density at radius 1 is 1.29 bits per heavy atom. The molecule has 1 amide bonds. The second kappa shape index (κ2) is 6.96. The number of carbonyl (C=O) groups is 1. The zero-order valence-electron chi connectivity index (χ0n) is 13.4. The van der Waals surface area contributed by atoms with Crippen LogP contribution in [0.5, 0.6) is 0 Å². The van der Waals surface area contributed by atoms with E-state index in [4.69, 9.17) is 0 Å². The van der Waals surface area contributed by atoms with Gasteiger partial charge in [0.15, 0.2) is 5.69 Å². The Morgan fingerprint density at radius 2 is 1.96 bits per heavy atom. The van der Waals surface area contributed by atoms with Gasteiger partial charge >= 0.3 is 6.18 Å². The van der Waals surface area contributed by atoms with Crippen molar-refractivity contribution in [3.8, 4) is 0 Å². The van der Waals surface area contributed by atoms with Crippen molar-refractivity contribution in [2.45, 2.75) is 46.6 Å². The molecular formula is C14H17BrF3N5O. The van der Waals surface area contributed by atoms with Crippen molar-refractivity contribution in [3.63, 3.8) is 0 Å². The summed E-state index contributed by atoms with van der Waals surface area (Å²) >= 11 is 2.88. The lowest BCUT2D eigenvalue weighted by atomic mass is 10.2. The van der Waals surface area contributed by atoms with E-state index in [0.717, 1.165) is 22.5 Å². The third-order valence-electron chi connectivity index (χ3n) is 3.68. The highest BCUT2D eigenvalue weighted by Crippen LogP contribution is 2.35. The minimum Gasteiger partial charge on any atom is -0.350 e. The lowest BCUT2D eigenvalue weighted by molar-refractivity contribution is -0.142. The van der Waals surface area contributed by atoms with Crippen LogP contribution in [-0.2, 0) is 30.6 Å². The molecule has 0 radical (unpaired) electrons. The number of halogens is 4. The van der Waals surface area contributed by atoms with Crippen LogP contribution in [0.2, 0.25) is 0 Å². The van der Waals surface area contributed by atoms with Crippen LogP contribution in [-0.4, -0.2) is 25.5 Å². The molecule has 0 aliphatic heterocycles. The van der Waals surface area contributed by atoms with Gasteiger partial charge in [-0.25, -0.2) is 0 Å². The van der Waals surface area contributed by atoms with Gasteiger partial charge < -0.3 is 5.32 Å². The van der Waals surface area contributed by atoms with E-state index in [-0.39, 0.29) is 23.3 Å². The second-order valence-electron chi connectivity index (χ2n) is 5.25. The summed E-state index contributed by atoms with van der Waals surface area (Å²) in [7, 11) is 0. The first-order chi connectivity index (χ1) is 11.1. The van der Waals surface area contributed by atoms with Gasteiger partial charge in [0.2, 0.25) is 5.91 Å². The highest BCUT2D eigenvalue weighted by Gasteiger charge is 2.38. The van der Waals surface area contributed by atoms with E-state index in [0.29, 0.717) is 0 Å². The van der Waals surface area contributed by atoms with Crippen LogP contribution < -0.4 is 5.32 Å². The number of carbonyl (C=O) groups excluding carboxylic acids is 1. The molecule has 0 bridgehead atoms. The highest BCUT2D eigenvalue weighted by atomic mass is 79.9. The Kier molecular flexibility index (Phi) is 5.36. The zero-order valence-corrected chi connectivity index (χ0v) is 15.0. The lowest BCUT2D eigenvalue weighted by Gasteiger charge is -2.07. The van der Waals surface area contributed by atoms with Gasteiger partial charge in [0.05, 0.1) is 16.4 Å². The Labute approximate surface area is 145 Å². The van der Waals surface area contributed by atoms with Crippen molar-refractivity contribution in [1.29, 1.82) is 0 Å². The third kappa shape index (κ3) is 3.80. The number of hydrogen-bond acceptors (Lipinski definition) is 3. The molecule has 2 heterocycles. The van der Waals surface area contributed by atoms with E-state index in [1.807, 2.05) is 13.8 Å². The predicted octanol–water partition coefficient (Wildman–Crippen LogP) is 2.81. The van der Waals surface area contributed by atoms with Crippen LogP contribution in [0.3, 0.4) is 0 Å². The molecule has 0 atom stereocenters. The first-order valence-electron chi connectivity index (χ1n) is 7.23. The molecule has 0 aliphatic rings. The highest BCUT2D eigenvalue weighted by molar-refractivity contribution is 9.10. The number of aromatic nitrogens is 4. The SMILES string of the molecule is CCn1ncc(CNC(=O)Cn2nc(C(F)(F)F)c(Br)c2C)c1C. The smallest absolute Gasteiger partial charge is 0.350 e. The molecule has 0 saturated carbocycles. The van der Waals surface area contributed by atoms with Gasteiger partial charge in [-0.05, 0) is 36.7 Å². The van der Waals surface area contributed by atoms with E-state index in [1.165, 1.54) is 6.92 Å². The molecule has 0 saturated heterocycles. The van der Waals surface area contributed by atoms with Crippen LogP contribution in [0.1, 0.15) is 29.6 Å². The average Bonchev–Trinajstić information content (AvgIpc) is 2.99. The fraction of sp³-hybridized carbons (Fsp3) is 0.500. The maximum Gasteiger partial charge on any atom is 0.436 e. The molecule has 132 valence electrons. The zero-order chi connectivity index (χ0) is 18.1. The van der Waals surface area contributed by atoms with Crippen molar-refractivity contribution in [3.05, 3.63) is 33.3 Å².